The van der Waals surface area contributed by atoms with Gasteiger partial charge in [0.1, 0.15) is 6.04 Å². The first-order valence-corrected chi connectivity index (χ1v) is 10.1. The molecule has 1 N–H and O–H groups in total. The van der Waals surface area contributed by atoms with Crippen molar-refractivity contribution in [3.8, 4) is 0 Å². The van der Waals surface area contributed by atoms with Crippen LogP contribution in [0, 0.1) is 5.41 Å². The monoisotopic (exact) mass is 373 g/mol. The average molecular weight is 374 g/mol. The van der Waals surface area contributed by atoms with Crippen molar-refractivity contribution in [2.45, 2.75) is 66.6 Å². The molecule has 1 aliphatic rings. The second kappa shape index (κ2) is 9.36. The van der Waals surface area contributed by atoms with Crippen LogP contribution in [0.4, 0.5) is 0 Å². The molecule has 5 nitrogen and oxygen atoms in total. The summed E-state index contributed by atoms with van der Waals surface area (Å²) in [5.41, 5.74) is 1.90. The zero-order chi connectivity index (χ0) is 20.0. The van der Waals surface area contributed by atoms with Crippen LogP contribution in [0.15, 0.2) is 24.3 Å². The Labute approximate surface area is 164 Å². The Bertz CT molecular complexity index is 647. The van der Waals surface area contributed by atoms with Gasteiger partial charge in [-0.1, -0.05) is 58.9 Å². The number of benzene rings is 1. The highest BCUT2D eigenvalue weighted by molar-refractivity contribution is 5.90. The molecule has 1 aliphatic heterocycles. The molecule has 0 radical (unpaired) electrons. The Morgan fingerprint density at radius 2 is 1.85 bits per heavy atom. The van der Waals surface area contributed by atoms with Gasteiger partial charge in [0.2, 0.25) is 11.8 Å². The molecule has 2 rings (SSSR count). The maximum absolute atomic E-state index is 12.7. The smallest absolute Gasteiger partial charge is 0.243 e. The van der Waals surface area contributed by atoms with E-state index in [4.69, 9.17) is 0 Å². The highest BCUT2D eigenvalue weighted by atomic mass is 16.2. The van der Waals surface area contributed by atoms with Gasteiger partial charge in [0.05, 0.1) is 0 Å². The maximum atomic E-state index is 12.7. The van der Waals surface area contributed by atoms with Crippen molar-refractivity contribution in [1.82, 2.24) is 15.1 Å². The van der Waals surface area contributed by atoms with Crippen LogP contribution in [0.1, 0.15) is 58.6 Å². The Morgan fingerprint density at radius 3 is 2.48 bits per heavy atom. The number of hydrogen-bond acceptors (Lipinski definition) is 3. The Kier molecular flexibility index (Phi) is 7.42. The van der Waals surface area contributed by atoms with Gasteiger partial charge in [0.25, 0.3) is 0 Å². The van der Waals surface area contributed by atoms with Crippen LogP contribution in [-0.4, -0.2) is 47.3 Å². The van der Waals surface area contributed by atoms with E-state index >= 15 is 0 Å². The molecule has 1 aromatic carbocycles. The molecule has 2 amide bonds. The molecule has 150 valence electrons. The van der Waals surface area contributed by atoms with E-state index in [1.54, 1.807) is 4.90 Å². The van der Waals surface area contributed by atoms with Gasteiger partial charge in [-0.15, -0.1) is 0 Å². The number of carbonyl (C=O) groups is 2. The van der Waals surface area contributed by atoms with Gasteiger partial charge in [0.15, 0.2) is 0 Å². The van der Waals surface area contributed by atoms with Crippen LogP contribution in [-0.2, 0) is 22.7 Å². The molecule has 0 aromatic heterocycles. The molecule has 0 aliphatic carbocycles. The minimum absolute atomic E-state index is 0.0424. The van der Waals surface area contributed by atoms with Gasteiger partial charge in [-0.2, -0.15) is 0 Å². The van der Waals surface area contributed by atoms with E-state index in [0.29, 0.717) is 13.1 Å². The third-order valence-corrected chi connectivity index (χ3v) is 5.22. The Balaban J connectivity index is 1.96. The van der Waals surface area contributed by atoms with Crippen LogP contribution < -0.4 is 5.32 Å². The first-order chi connectivity index (χ1) is 12.8. The van der Waals surface area contributed by atoms with Crippen molar-refractivity contribution in [3.63, 3.8) is 0 Å². The van der Waals surface area contributed by atoms with Gasteiger partial charge < -0.3 is 10.2 Å². The number of amides is 2. The van der Waals surface area contributed by atoms with Crippen LogP contribution in [0.2, 0.25) is 0 Å². The third kappa shape index (κ3) is 5.80. The summed E-state index contributed by atoms with van der Waals surface area (Å²) in [6.45, 7) is 14.2. The van der Waals surface area contributed by atoms with E-state index in [1.807, 2.05) is 32.9 Å². The lowest BCUT2D eigenvalue weighted by Crippen LogP contribution is -2.49. The van der Waals surface area contributed by atoms with E-state index in [2.05, 4.69) is 36.2 Å². The summed E-state index contributed by atoms with van der Waals surface area (Å²) >= 11 is 0. The fraction of sp³-hybridized carbons (Fsp3) is 0.636. The molecular formula is C22H35N3O2. The van der Waals surface area contributed by atoms with Crippen LogP contribution in [0.3, 0.4) is 0 Å². The molecule has 1 unspecified atom stereocenters. The first kappa shape index (κ1) is 21.4. The SMILES string of the molecule is CCN(CC)Cc1cccc(CNC(=O)C2CCCN2C(=O)C(C)(C)C)c1. The van der Waals surface area contributed by atoms with Gasteiger partial charge in [-0.05, 0) is 37.1 Å². The summed E-state index contributed by atoms with van der Waals surface area (Å²) in [4.78, 5) is 29.4. The number of likely N-dealkylation sites (tertiary alicyclic amines) is 1. The zero-order valence-electron chi connectivity index (χ0n) is 17.5. The van der Waals surface area contributed by atoms with Crippen molar-refractivity contribution < 1.29 is 9.59 Å². The van der Waals surface area contributed by atoms with E-state index in [9.17, 15) is 9.59 Å². The number of carbonyl (C=O) groups excluding carboxylic acids is 2. The predicted molar refractivity (Wildman–Crippen MR) is 109 cm³/mol. The number of rotatable bonds is 7. The molecule has 1 aromatic rings. The third-order valence-electron chi connectivity index (χ3n) is 5.22. The summed E-state index contributed by atoms with van der Waals surface area (Å²) in [7, 11) is 0. The molecule has 1 fully saturated rings. The van der Waals surface area contributed by atoms with Crippen molar-refractivity contribution >= 4 is 11.8 Å². The van der Waals surface area contributed by atoms with Crippen LogP contribution >= 0.6 is 0 Å². The minimum Gasteiger partial charge on any atom is -0.350 e. The zero-order valence-corrected chi connectivity index (χ0v) is 17.5. The Morgan fingerprint density at radius 1 is 1.19 bits per heavy atom. The normalized spacial score (nSPS) is 17.4. The highest BCUT2D eigenvalue weighted by Crippen LogP contribution is 2.25. The predicted octanol–water partition coefficient (Wildman–Crippen LogP) is 3.18. The molecule has 0 bridgehead atoms. The van der Waals surface area contributed by atoms with E-state index in [0.717, 1.165) is 38.0 Å². The van der Waals surface area contributed by atoms with E-state index < -0.39 is 5.41 Å². The van der Waals surface area contributed by atoms with E-state index in [1.165, 1.54) is 5.56 Å². The largest absolute Gasteiger partial charge is 0.350 e. The summed E-state index contributed by atoms with van der Waals surface area (Å²) in [6, 6.07) is 8.04. The number of hydrogen-bond donors (Lipinski definition) is 1. The highest BCUT2D eigenvalue weighted by Gasteiger charge is 2.38. The topological polar surface area (TPSA) is 52.7 Å². The van der Waals surface area contributed by atoms with Gasteiger partial charge in [-0.25, -0.2) is 0 Å². The van der Waals surface area contributed by atoms with E-state index in [-0.39, 0.29) is 17.9 Å². The lowest BCUT2D eigenvalue weighted by atomic mass is 9.94. The molecular weight excluding hydrogens is 338 g/mol. The first-order valence-electron chi connectivity index (χ1n) is 10.1. The molecule has 5 heteroatoms. The molecule has 1 saturated heterocycles. The van der Waals surface area contributed by atoms with Gasteiger partial charge >= 0.3 is 0 Å². The molecule has 1 heterocycles. The molecule has 1 atom stereocenters. The molecule has 0 saturated carbocycles. The van der Waals surface area contributed by atoms with Gasteiger partial charge in [-0.3, -0.25) is 14.5 Å². The maximum Gasteiger partial charge on any atom is 0.243 e. The second-order valence-corrected chi connectivity index (χ2v) is 8.41. The fourth-order valence-electron chi connectivity index (χ4n) is 3.56. The minimum atomic E-state index is -0.457. The fourth-order valence-corrected chi connectivity index (χ4v) is 3.56. The molecule has 27 heavy (non-hydrogen) atoms. The quantitative estimate of drug-likeness (QED) is 0.799. The lowest BCUT2D eigenvalue weighted by molar-refractivity contribution is -0.144. The summed E-state index contributed by atoms with van der Waals surface area (Å²) < 4.78 is 0. The summed E-state index contributed by atoms with van der Waals surface area (Å²) in [5.74, 6) is 0.0145. The second-order valence-electron chi connectivity index (χ2n) is 8.41. The lowest BCUT2D eigenvalue weighted by Gasteiger charge is -2.30. The number of nitrogens with one attached hydrogen (secondary N) is 1. The Hall–Kier alpha value is -1.88. The summed E-state index contributed by atoms with van der Waals surface area (Å²) in [5, 5.41) is 3.04. The van der Waals surface area contributed by atoms with Crippen molar-refractivity contribution in [1.29, 1.82) is 0 Å². The molecule has 0 spiro atoms. The summed E-state index contributed by atoms with van der Waals surface area (Å²) in [6.07, 6.45) is 1.63. The van der Waals surface area contributed by atoms with Crippen molar-refractivity contribution in [2.75, 3.05) is 19.6 Å². The average Bonchev–Trinajstić information content (AvgIpc) is 3.12. The standard InChI is InChI=1S/C22H35N3O2/c1-6-24(7-2)16-18-11-8-10-17(14-18)15-23-20(26)19-12-9-13-25(19)21(27)22(3,4)5/h8,10-11,14,19H,6-7,9,12-13,15-16H2,1-5H3,(H,23,26). The van der Waals surface area contributed by atoms with Crippen LogP contribution in [0.5, 0.6) is 0 Å². The number of nitrogens with zero attached hydrogens (tertiary/aromatic N) is 2. The van der Waals surface area contributed by atoms with Crippen molar-refractivity contribution in [3.05, 3.63) is 35.4 Å². The van der Waals surface area contributed by atoms with Crippen LogP contribution in [0.25, 0.3) is 0 Å². The van der Waals surface area contributed by atoms with Gasteiger partial charge in [0, 0.05) is 25.0 Å². The van der Waals surface area contributed by atoms with Crippen molar-refractivity contribution in [2.24, 2.45) is 5.41 Å².